The van der Waals surface area contributed by atoms with Gasteiger partial charge in [-0.15, -0.1) is 23.1 Å². The van der Waals surface area contributed by atoms with Gasteiger partial charge in [0.25, 0.3) is 5.91 Å². The van der Waals surface area contributed by atoms with Gasteiger partial charge in [-0.1, -0.05) is 0 Å². The Balaban J connectivity index is 2.30. The van der Waals surface area contributed by atoms with E-state index in [9.17, 15) is 4.79 Å². The van der Waals surface area contributed by atoms with Crippen molar-refractivity contribution in [3.05, 3.63) is 17.0 Å². The van der Waals surface area contributed by atoms with E-state index >= 15 is 0 Å². The Labute approximate surface area is 119 Å². The number of thiophene rings is 1. The number of nitrogens with one attached hydrogen (secondary N) is 1. The van der Waals surface area contributed by atoms with Gasteiger partial charge in [0.1, 0.15) is 16.4 Å². The summed E-state index contributed by atoms with van der Waals surface area (Å²) in [6.45, 7) is 0.699. The number of amides is 1. The van der Waals surface area contributed by atoms with Crippen molar-refractivity contribution in [2.45, 2.75) is 4.90 Å². The Morgan fingerprint density at radius 3 is 2.84 bits per heavy atom. The molecule has 0 bridgehead atoms. The highest BCUT2D eigenvalue weighted by atomic mass is 32.2. The lowest BCUT2D eigenvalue weighted by molar-refractivity contribution is 0.0959. The van der Waals surface area contributed by atoms with Crippen LogP contribution in [0.25, 0.3) is 10.1 Å². The van der Waals surface area contributed by atoms with Gasteiger partial charge in [0, 0.05) is 33.3 Å². The Bertz CT molecular complexity index is 651. The second-order valence-electron chi connectivity index (χ2n) is 4.07. The molecule has 1 aliphatic heterocycles. The molecule has 2 aromatic rings. The fourth-order valence-corrected chi connectivity index (χ4v) is 4.52. The van der Waals surface area contributed by atoms with Crippen LogP contribution < -0.4 is 14.8 Å². The van der Waals surface area contributed by atoms with Crippen LogP contribution in [0, 0.1) is 0 Å². The quantitative estimate of drug-likeness (QED) is 0.925. The largest absolute Gasteiger partial charge is 0.497 e. The van der Waals surface area contributed by atoms with Crippen LogP contribution in [0.1, 0.15) is 9.67 Å². The second kappa shape index (κ2) is 4.94. The Kier molecular flexibility index (Phi) is 3.28. The average Bonchev–Trinajstić information content (AvgIpc) is 2.71. The molecule has 3 rings (SSSR count). The van der Waals surface area contributed by atoms with E-state index in [0.29, 0.717) is 6.54 Å². The fourth-order valence-electron chi connectivity index (χ4n) is 2.10. The summed E-state index contributed by atoms with van der Waals surface area (Å²) < 4.78 is 11.7. The van der Waals surface area contributed by atoms with Crippen molar-refractivity contribution in [2.75, 3.05) is 26.5 Å². The second-order valence-corrected chi connectivity index (χ2v) is 6.22. The van der Waals surface area contributed by atoms with E-state index in [4.69, 9.17) is 9.47 Å². The number of ether oxygens (including phenoxy) is 2. The van der Waals surface area contributed by atoms with Crippen molar-refractivity contribution in [1.82, 2.24) is 5.32 Å². The van der Waals surface area contributed by atoms with Gasteiger partial charge >= 0.3 is 0 Å². The topological polar surface area (TPSA) is 47.6 Å². The Morgan fingerprint density at radius 1 is 1.26 bits per heavy atom. The number of fused-ring (bicyclic) bond motifs is 3. The van der Waals surface area contributed by atoms with Gasteiger partial charge in [0.2, 0.25) is 0 Å². The summed E-state index contributed by atoms with van der Waals surface area (Å²) in [5, 5.41) is 3.93. The van der Waals surface area contributed by atoms with Crippen molar-refractivity contribution >= 4 is 39.1 Å². The Morgan fingerprint density at radius 2 is 2.11 bits per heavy atom. The van der Waals surface area contributed by atoms with E-state index in [1.54, 1.807) is 26.0 Å². The number of carbonyl (C=O) groups is 1. The number of benzene rings is 1. The molecule has 100 valence electrons. The molecule has 0 unspecified atom stereocenters. The van der Waals surface area contributed by atoms with Gasteiger partial charge in [-0.25, -0.2) is 0 Å². The highest BCUT2D eigenvalue weighted by Gasteiger charge is 2.24. The highest BCUT2D eigenvalue weighted by Crippen LogP contribution is 2.45. The van der Waals surface area contributed by atoms with Crippen molar-refractivity contribution in [3.63, 3.8) is 0 Å². The minimum atomic E-state index is 0.00206. The molecule has 1 aromatic heterocycles. The third kappa shape index (κ3) is 2.04. The van der Waals surface area contributed by atoms with Gasteiger partial charge in [0.15, 0.2) is 0 Å². The molecular formula is C13H13NO3S2. The van der Waals surface area contributed by atoms with Crippen LogP contribution in [0.5, 0.6) is 11.5 Å². The predicted octanol–water partition coefficient (Wildman–Crippen LogP) is 2.75. The molecule has 2 heterocycles. The third-order valence-electron chi connectivity index (χ3n) is 2.98. The molecule has 0 fully saturated rings. The molecule has 1 aromatic carbocycles. The number of thioether (sulfide) groups is 1. The maximum Gasteiger partial charge on any atom is 0.262 e. The fraction of sp³-hybridized carbons (Fsp3) is 0.308. The molecule has 0 aliphatic carbocycles. The molecule has 6 heteroatoms. The summed E-state index contributed by atoms with van der Waals surface area (Å²) in [5.41, 5.74) is 0. The van der Waals surface area contributed by atoms with Gasteiger partial charge in [-0.05, 0) is 6.07 Å². The summed E-state index contributed by atoms with van der Waals surface area (Å²) in [4.78, 5) is 13.8. The summed E-state index contributed by atoms with van der Waals surface area (Å²) in [6, 6.07) is 3.81. The maximum atomic E-state index is 12.0. The first kappa shape index (κ1) is 12.6. The van der Waals surface area contributed by atoms with E-state index in [2.05, 4.69) is 5.32 Å². The zero-order chi connectivity index (χ0) is 13.4. The molecule has 19 heavy (non-hydrogen) atoms. The van der Waals surface area contributed by atoms with E-state index in [1.807, 2.05) is 12.1 Å². The smallest absolute Gasteiger partial charge is 0.262 e. The first-order valence-corrected chi connectivity index (χ1v) is 7.64. The van der Waals surface area contributed by atoms with Crippen molar-refractivity contribution in [2.24, 2.45) is 0 Å². The van der Waals surface area contributed by atoms with Crippen LogP contribution in [0.2, 0.25) is 0 Å². The lowest BCUT2D eigenvalue weighted by Gasteiger charge is -2.07. The van der Waals surface area contributed by atoms with E-state index < -0.39 is 0 Å². The third-order valence-corrected chi connectivity index (χ3v) is 5.35. The first-order valence-electron chi connectivity index (χ1n) is 5.84. The molecule has 0 radical (unpaired) electrons. The van der Waals surface area contributed by atoms with Gasteiger partial charge in [-0.3, -0.25) is 4.79 Å². The van der Waals surface area contributed by atoms with Gasteiger partial charge in [0.05, 0.1) is 14.2 Å². The summed E-state index contributed by atoms with van der Waals surface area (Å²) in [5.74, 6) is 2.38. The average molecular weight is 295 g/mol. The van der Waals surface area contributed by atoms with Crippen LogP contribution in [0.3, 0.4) is 0 Å². The minimum Gasteiger partial charge on any atom is -0.497 e. The molecular weight excluding hydrogens is 282 g/mol. The molecule has 0 saturated heterocycles. The lowest BCUT2D eigenvalue weighted by Crippen LogP contribution is -2.22. The molecule has 1 amide bonds. The number of rotatable bonds is 2. The van der Waals surface area contributed by atoms with Crippen LogP contribution >= 0.6 is 23.1 Å². The van der Waals surface area contributed by atoms with E-state index in [-0.39, 0.29) is 5.91 Å². The van der Waals surface area contributed by atoms with Crippen LogP contribution in [-0.2, 0) is 0 Å². The predicted molar refractivity (Wildman–Crippen MR) is 78.0 cm³/mol. The summed E-state index contributed by atoms with van der Waals surface area (Å²) in [7, 11) is 3.26. The molecule has 1 aliphatic rings. The maximum absolute atomic E-state index is 12.0. The number of methoxy groups -OCH3 is 2. The SMILES string of the molecule is COc1cc(OC)c2c3c(sc2c1)C(=O)NCCS3. The van der Waals surface area contributed by atoms with Crippen molar-refractivity contribution in [3.8, 4) is 11.5 Å². The van der Waals surface area contributed by atoms with Gasteiger partial charge in [-0.2, -0.15) is 0 Å². The molecule has 0 saturated carbocycles. The van der Waals surface area contributed by atoms with Crippen LogP contribution in [0.4, 0.5) is 0 Å². The Hall–Kier alpha value is -1.40. The first-order chi connectivity index (χ1) is 9.24. The molecule has 0 atom stereocenters. The van der Waals surface area contributed by atoms with Crippen molar-refractivity contribution < 1.29 is 14.3 Å². The molecule has 1 N–H and O–H groups in total. The van der Waals surface area contributed by atoms with E-state index in [1.165, 1.54) is 11.3 Å². The molecule has 4 nitrogen and oxygen atoms in total. The summed E-state index contributed by atoms with van der Waals surface area (Å²) >= 11 is 3.19. The normalized spacial score (nSPS) is 14.7. The lowest BCUT2D eigenvalue weighted by atomic mass is 10.2. The number of carbonyl (C=O) groups excluding carboxylic acids is 1. The van der Waals surface area contributed by atoms with E-state index in [0.717, 1.165) is 37.1 Å². The van der Waals surface area contributed by atoms with Crippen LogP contribution in [-0.4, -0.2) is 32.4 Å². The standard InChI is InChI=1S/C13H13NO3S2/c1-16-7-5-8(17-2)10-9(6-7)19-12-11(10)18-4-3-14-13(12)15/h5-6H,3-4H2,1-2H3,(H,14,15). The number of hydrogen-bond donors (Lipinski definition) is 1. The van der Waals surface area contributed by atoms with Crippen molar-refractivity contribution in [1.29, 1.82) is 0 Å². The molecule has 0 spiro atoms. The minimum absolute atomic E-state index is 0.00206. The van der Waals surface area contributed by atoms with Gasteiger partial charge < -0.3 is 14.8 Å². The summed E-state index contributed by atoms with van der Waals surface area (Å²) in [6.07, 6.45) is 0. The highest BCUT2D eigenvalue weighted by molar-refractivity contribution is 7.99. The number of hydrogen-bond acceptors (Lipinski definition) is 5. The van der Waals surface area contributed by atoms with Crippen LogP contribution in [0.15, 0.2) is 17.0 Å². The zero-order valence-corrected chi connectivity index (χ0v) is 12.2. The monoisotopic (exact) mass is 295 g/mol. The zero-order valence-electron chi connectivity index (χ0n) is 10.6.